The molecule has 114 valence electrons. The predicted octanol–water partition coefficient (Wildman–Crippen LogP) is 1.71. The molecule has 0 spiro atoms. The molecule has 0 fully saturated rings. The first-order valence-corrected chi connectivity index (χ1v) is 7.12. The average molecular weight is 297 g/mol. The number of nitrogens with one attached hydrogen (secondary N) is 2. The normalized spacial score (nSPS) is 10.0. The molecule has 1 aromatic carbocycles. The third-order valence-electron chi connectivity index (χ3n) is 3.27. The summed E-state index contributed by atoms with van der Waals surface area (Å²) in [5.74, 6) is -0.585. The van der Waals surface area contributed by atoms with Gasteiger partial charge in [0.15, 0.2) is 0 Å². The second kappa shape index (κ2) is 7.93. The molecular formula is C17H19N3O2. The quantitative estimate of drug-likeness (QED) is 0.797. The smallest absolute Gasteiger partial charge is 0.229 e. The van der Waals surface area contributed by atoms with E-state index in [0.29, 0.717) is 13.1 Å². The highest BCUT2D eigenvalue weighted by molar-refractivity contribution is 5.96. The zero-order chi connectivity index (χ0) is 15.8. The first kappa shape index (κ1) is 15.7. The van der Waals surface area contributed by atoms with E-state index in [2.05, 4.69) is 15.6 Å². The molecule has 2 rings (SSSR count). The van der Waals surface area contributed by atoms with Crippen LogP contribution in [0.25, 0.3) is 0 Å². The van der Waals surface area contributed by atoms with E-state index in [4.69, 9.17) is 0 Å². The van der Waals surface area contributed by atoms with Gasteiger partial charge in [-0.2, -0.15) is 0 Å². The van der Waals surface area contributed by atoms with Crippen molar-refractivity contribution in [2.75, 3.05) is 0 Å². The molecule has 0 saturated heterocycles. The Bertz CT molecular complexity index is 641. The van der Waals surface area contributed by atoms with E-state index in [1.165, 1.54) is 0 Å². The van der Waals surface area contributed by atoms with Crippen molar-refractivity contribution < 1.29 is 9.59 Å². The van der Waals surface area contributed by atoms with Crippen LogP contribution in [0.4, 0.5) is 0 Å². The number of rotatable bonds is 6. The van der Waals surface area contributed by atoms with Crippen molar-refractivity contribution in [3.8, 4) is 0 Å². The third kappa shape index (κ3) is 5.01. The van der Waals surface area contributed by atoms with E-state index in [-0.39, 0.29) is 18.2 Å². The zero-order valence-electron chi connectivity index (χ0n) is 12.5. The minimum Gasteiger partial charge on any atom is -0.352 e. The van der Waals surface area contributed by atoms with Gasteiger partial charge in [0.25, 0.3) is 0 Å². The van der Waals surface area contributed by atoms with Crippen LogP contribution in [-0.4, -0.2) is 16.8 Å². The molecule has 0 unspecified atom stereocenters. The minimum absolute atomic E-state index is 0.174. The molecular weight excluding hydrogens is 278 g/mol. The lowest BCUT2D eigenvalue weighted by Crippen LogP contribution is -2.31. The summed E-state index contributed by atoms with van der Waals surface area (Å²) in [5, 5.41) is 5.46. The number of nitrogens with zero attached hydrogens (tertiary/aromatic N) is 1. The van der Waals surface area contributed by atoms with Crippen molar-refractivity contribution in [3.63, 3.8) is 0 Å². The maximum absolute atomic E-state index is 11.8. The van der Waals surface area contributed by atoms with Gasteiger partial charge in [0.1, 0.15) is 6.42 Å². The summed E-state index contributed by atoms with van der Waals surface area (Å²) in [4.78, 5) is 27.4. The summed E-state index contributed by atoms with van der Waals surface area (Å²) in [6, 6.07) is 11.5. The van der Waals surface area contributed by atoms with Crippen LogP contribution in [-0.2, 0) is 22.7 Å². The number of carbonyl (C=O) groups excluding carboxylic acids is 2. The number of aromatic nitrogens is 1. The number of aryl methyl sites for hydroxylation is 1. The molecule has 0 aliphatic carbocycles. The molecule has 0 aliphatic rings. The van der Waals surface area contributed by atoms with E-state index >= 15 is 0 Å². The Balaban J connectivity index is 1.72. The summed E-state index contributed by atoms with van der Waals surface area (Å²) in [6.07, 6.45) is 3.18. The highest BCUT2D eigenvalue weighted by atomic mass is 16.2. The molecule has 0 bridgehead atoms. The molecule has 0 saturated carbocycles. The molecule has 5 heteroatoms. The second-order valence-corrected chi connectivity index (χ2v) is 5.02. The fourth-order valence-corrected chi connectivity index (χ4v) is 1.98. The van der Waals surface area contributed by atoms with Gasteiger partial charge in [-0.25, -0.2) is 0 Å². The van der Waals surface area contributed by atoms with Crippen molar-refractivity contribution in [2.45, 2.75) is 26.4 Å². The summed E-state index contributed by atoms with van der Waals surface area (Å²) in [5.41, 5.74) is 3.06. The monoisotopic (exact) mass is 297 g/mol. The number of benzene rings is 1. The van der Waals surface area contributed by atoms with E-state index in [1.54, 1.807) is 18.5 Å². The van der Waals surface area contributed by atoms with Crippen LogP contribution >= 0.6 is 0 Å². The van der Waals surface area contributed by atoms with Crippen LogP contribution in [0.1, 0.15) is 23.1 Å². The van der Waals surface area contributed by atoms with Crippen LogP contribution in [0.5, 0.6) is 0 Å². The fraction of sp³-hybridized carbons (Fsp3) is 0.235. The van der Waals surface area contributed by atoms with Crippen LogP contribution in [0.2, 0.25) is 0 Å². The van der Waals surface area contributed by atoms with E-state index < -0.39 is 0 Å². The molecule has 1 heterocycles. The second-order valence-electron chi connectivity index (χ2n) is 5.02. The molecule has 2 aromatic rings. The maximum Gasteiger partial charge on any atom is 0.229 e. The van der Waals surface area contributed by atoms with Crippen LogP contribution in [0, 0.1) is 6.92 Å². The van der Waals surface area contributed by atoms with Crippen LogP contribution in [0.3, 0.4) is 0 Å². The molecule has 0 radical (unpaired) electrons. The lowest BCUT2D eigenvalue weighted by Gasteiger charge is -2.08. The number of carbonyl (C=O) groups is 2. The van der Waals surface area contributed by atoms with Gasteiger partial charge in [-0.05, 0) is 29.7 Å². The van der Waals surface area contributed by atoms with E-state index in [9.17, 15) is 9.59 Å². The van der Waals surface area contributed by atoms with Gasteiger partial charge in [-0.15, -0.1) is 0 Å². The first-order chi connectivity index (χ1) is 10.6. The first-order valence-electron chi connectivity index (χ1n) is 7.12. The van der Waals surface area contributed by atoms with Crippen molar-refractivity contribution in [1.29, 1.82) is 0 Å². The molecule has 5 nitrogen and oxygen atoms in total. The van der Waals surface area contributed by atoms with Crippen LogP contribution in [0.15, 0.2) is 48.8 Å². The lowest BCUT2D eigenvalue weighted by molar-refractivity contribution is -0.129. The maximum atomic E-state index is 11.8. The Labute approximate surface area is 129 Å². The molecule has 22 heavy (non-hydrogen) atoms. The number of amides is 2. The largest absolute Gasteiger partial charge is 0.352 e. The molecule has 0 atom stereocenters. The highest BCUT2D eigenvalue weighted by Gasteiger charge is 2.09. The number of pyridine rings is 1. The van der Waals surface area contributed by atoms with E-state index in [0.717, 1.165) is 16.7 Å². The Kier molecular flexibility index (Phi) is 5.65. The summed E-state index contributed by atoms with van der Waals surface area (Å²) < 4.78 is 0. The summed E-state index contributed by atoms with van der Waals surface area (Å²) >= 11 is 0. The van der Waals surface area contributed by atoms with Gasteiger partial charge in [0.2, 0.25) is 11.8 Å². The Hall–Kier alpha value is -2.69. The van der Waals surface area contributed by atoms with Gasteiger partial charge < -0.3 is 10.6 Å². The minimum atomic E-state index is -0.300. The molecule has 0 aliphatic heterocycles. The van der Waals surface area contributed by atoms with Crippen molar-refractivity contribution in [1.82, 2.24) is 15.6 Å². The summed E-state index contributed by atoms with van der Waals surface area (Å²) in [6.45, 7) is 2.79. The average Bonchev–Trinajstić information content (AvgIpc) is 2.53. The lowest BCUT2D eigenvalue weighted by atomic mass is 10.1. The van der Waals surface area contributed by atoms with Gasteiger partial charge in [0.05, 0.1) is 0 Å². The van der Waals surface area contributed by atoms with Gasteiger partial charge in [0, 0.05) is 25.5 Å². The van der Waals surface area contributed by atoms with Crippen molar-refractivity contribution in [2.24, 2.45) is 0 Å². The van der Waals surface area contributed by atoms with Crippen LogP contribution < -0.4 is 10.6 Å². The SMILES string of the molecule is Cc1ccccc1CNC(=O)CC(=O)NCc1cccnc1. The molecule has 1 aromatic heterocycles. The predicted molar refractivity (Wildman–Crippen MR) is 83.7 cm³/mol. The Morgan fingerprint density at radius 3 is 2.41 bits per heavy atom. The topological polar surface area (TPSA) is 71.1 Å². The fourth-order valence-electron chi connectivity index (χ4n) is 1.98. The van der Waals surface area contributed by atoms with Gasteiger partial charge in [-0.1, -0.05) is 30.3 Å². The number of hydrogen-bond donors (Lipinski definition) is 2. The Morgan fingerprint density at radius 1 is 1.00 bits per heavy atom. The van der Waals surface area contributed by atoms with Gasteiger partial charge >= 0.3 is 0 Å². The van der Waals surface area contributed by atoms with Gasteiger partial charge in [-0.3, -0.25) is 14.6 Å². The van der Waals surface area contributed by atoms with Crippen molar-refractivity contribution in [3.05, 3.63) is 65.5 Å². The van der Waals surface area contributed by atoms with E-state index in [1.807, 2.05) is 37.3 Å². The standard InChI is InChI=1S/C17H19N3O2/c1-13-5-2-3-7-15(13)12-20-17(22)9-16(21)19-11-14-6-4-8-18-10-14/h2-8,10H,9,11-12H2,1H3,(H,19,21)(H,20,22). The third-order valence-corrected chi connectivity index (χ3v) is 3.27. The molecule has 2 amide bonds. The highest BCUT2D eigenvalue weighted by Crippen LogP contribution is 2.06. The van der Waals surface area contributed by atoms with Crippen molar-refractivity contribution >= 4 is 11.8 Å². The molecule has 2 N–H and O–H groups in total. The Morgan fingerprint density at radius 2 is 1.73 bits per heavy atom. The summed E-state index contributed by atoms with van der Waals surface area (Å²) in [7, 11) is 0. The zero-order valence-corrected chi connectivity index (χ0v) is 12.5. The number of hydrogen-bond acceptors (Lipinski definition) is 3.